The van der Waals surface area contributed by atoms with Gasteiger partial charge in [0.25, 0.3) is 0 Å². The molecule has 0 saturated heterocycles. The van der Waals surface area contributed by atoms with Gasteiger partial charge in [-0.3, -0.25) is 0 Å². The summed E-state index contributed by atoms with van der Waals surface area (Å²) >= 11 is 0. The zero-order valence-electron chi connectivity index (χ0n) is 26.1. The van der Waals surface area contributed by atoms with E-state index in [2.05, 4.69) is 145 Å². The third-order valence-corrected chi connectivity index (χ3v) is 12.7. The number of anilines is 3. The Morgan fingerprint density at radius 2 is 1.28 bits per heavy atom. The summed E-state index contributed by atoms with van der Waals surface area (Å²) in [6.45, 7) is 2.47. The Kier molecular flexibility index (Phi) is 4.78. The van der Waals surface area contributed by atoms with Crippen LogP contribution in [0, 0.1) is 11.8 Å². The smallest absolute Gasteiger partial charge is 0.0512 e. The minimum atomic E-state index is -0.238. The summed E-state index contributed by atoms with van der Waals surface area (Å²) in [5.41, 5.74) is 19.4. The lowest BCUT2D eigenvalue weighted by molar-refractivity contribution is 0.327. The van der Waals surface area contributed by atoms with Crippen LogP contribution in [0.25, 0.3) is 33.4 Å². The lowest BCUT2D eigenvalue weighted by Crippen LogP contribution is -2.33. The Labute approximate surface area is 271 Å². The topological polar surface area (TPSA) is 3.24 Å². The van der Waals surface area contributed by atoms with Gasteiger partial charge in [0.05, 0.1) is 11.4 Å². The number of nitrogens with zero attached hydrogens (tertiary/aromatic N) is 1. The van der Waals surface area contributed by atoms with Crippen LogP contribution in [0.3, 0.4) is 0 Å². The lowest BCUT2D eigenvalue weighted by atomic mass is 9.66. The molecule has 5 aliphatic rings. The second-order valence-electron chi connectivity index (χ2n) is 14.6. The van der Waals surface area contributed by atoms with E-state index < -0.39 is 0 Å². The minimum absolute atomic E-state index is 0.157. The highest BCUT2D eigenvalue weighted by Gasteiger charge is 2.57. The molecule has 2 fully saturated rings. The molecule has 1 spiro atoms. The summed E-state index contributed by atoms with van der Waals surface area (Å²) < 4.78 is 0. The van der Waals surface area contributed by atoms with Crippen LogP contribution in [0.5, 0.6) is 0 Å². The molecule has 46 heavy (non-hydrogen) atoms. The fourth-order valence-electron chi connectivity index (χ4n) is 10.9. The maximum absolute atomic E-state index is 2.61. The molecule has 2 saturated carbocycles. The molecular formula is C45H35N. The van der Waals surface area contributed by atoms with Gasteiger partial charge in [-0.1, -0.05) is 110 Å². The van der Waals surface area contributed by atoms with Crippen molar-refractivity contribution in [3.63, 3.8) is 0 Å². The molecule has 1 heteroatoms. The first-order chi connectivity index (χ1) is 22.7. The minimum Gasteiger partial charge on any atom is -0.310 e. The van der Waals surface area contributed by atoms with Crippen molar-refractivity contribution < 1.29 is 0 Å². The van der Waals surface area contributed by atoms with E-state index in [1.54, 1.807) is 11.1 Å². The molecule has 1 heterocycles. The van der Waals surface area contributed by atoms with E-state index in [4.69, 9.17) is 0 Å². The fourth-order valence-corrected chi connectivity index (χ4v) is 10.9. The third-order valence-electron chi connectivity index (χ3n) is 12.7. The summed E-state index contributed by atoms with van der Waals surface area (Å²) in [6.07, 6.45) is 5.45. The SMILES string of the molecule is CC12c3ccccc3-c3cccc(c31)N(c1ccc3c(c1)C1(CC4CCC1C4)c1ccccc1-3)c1ccc(-c3ccccc3)cc12. The molecule has 11 rings (SSSR count). The first-order valence-corrected chi connectivity index (χ1v) is 17.1. The van der Waals surface area contributed by atoms with Gasteiger partial charge >= 0.3 is 0 Å². The van der Waals surface area contributed by atoms with E-state index in [0.717, 1.165) is 11.8 Å². The Hall–Kier alpha value is -4.88. The van der Waals surface area contributed by atoms with Crippen LogP contribution in [-0.2, 0) is 10.8 Å². The van der Waals surface area contributed by atoms with Gasteiger partial charge in [-0.2, -0.15) is 0 Å². The number of fused-ring (bicyclic) bond motifs is 13. The van der Waals surface area contributed by atoms with Crippen molar-refractivity contribution in [3.05, 3.63) is 161 Å². The maximum Gasteiger partial charge on any atom is 0.0512 e. The number of rotatable bonds is 2. The van der Waals surface area contributed by atoms with Crippen LogP contribution in [0.4, 0.5) is 17.1 Å². The van der Waals surface area contributed by atoms with Gasteiger partial charge in [0.1, 0.15) is 0 Å². The largest absolute Gasteiger partial charge is 0.310 e. The Balaban J connectivity index is 1.18. The normalized spacial score (nSPS) is 25.3. The quantitative estimate of drug-likeness (QED) is 0.194. The second kappa shape index (κ2) is 8.68. The highest BCUT2D eigenvalue weighted by molar-refractivity contribution is 5.98. The molecule has 0 N–H and O–H groups in total. The predicted molar refractivity (Wildman–Crippen MR) is 189 cm³/mol. The Morgan fingerprint density at radius 3 is 2.09 bits per heavy atom. The fraction of sp³-hybridized carbons (Fsp3) is 0.200. The molecule has 1 nitrogen and oxygen atoms in total. The van der Waals surface area contributed by atoms with E-state index >= 15 is 0 Å². The lowest BCUT2D eigenvalue weighted by Gasteiger charge is -2.43. The molecule has 2 bridgehead atoms. The van der Waals surface area contributed by atoms with Gasteiger partial charge in [0, 0.05) is 16.5 Å². The summed E-state index contributed by atoms with van der Waals surface area (Å²) in [5, 5.41) is 0. The predicted octanol–water partition coefficient (Wildman–Crippen LogP) is 11.6. The highest BCUT2D eigenvalue weighted by Crippen LogP contribution is 2.67. The number of benzene rings is 6. The zero-order valence-corrected chi connectivity index (χ0v) is 26.1. The first-order valence-electron chi connectivity index (χ1n) is 17.1. The average molecular weight is 590 g/mol. The average Bonchev–Trinajstić information content (AvgIpc) is 3.86. The number of hydrogen-bond acceptors (Lipinski definition) is 1. The summed E-state index contributed by atoms with van der Waals surface area (Å²) in [7, 11) is 0. The van der Waals surface area contributed by atoms with Gasteiger partial charge in [0.2, 0.25) is 0 Å². The van der Waals surface area contributed by atoms with Crippen molar-refractivity contribution in [2.24, 2.45) is 11.8 Å². The zero-order chi connectivity index (χ0) is 30.2. The van der Waals surface area contributed by atoms with Crippen molar-refractivity contribution in [2.75, 3.05) is 4.90 Å². The standard InChI is InChI=1S/C45H35N/c1-44-37-15-7-5-13-34(37)36-14-9-17-42(43(36)44)46(41-23-19-30(25-40(41)44)29-10-3-2-4-11-29)32-21-22-35-33-12-6-8-16-38(33)45(39(35)26-32)27-28-18-20-31(45)24-28/h2-17,19,21-23,25-26,28,31H,18,20,24,27H2,1H3. The molecule has 4 atom stereocenters. The molecule has 220 valence electrons. The molecule has 6 aromatic carbocycles. The van der Waals surface area contributed by atoms with E-state index in [1.807, 2.05) is 0 Å². The molecule has 4 unspecified atom stereocenters. The van der Waals surface area contributed by atoms with Crippen molar-refractivity contribution in [3.8, 4) is 33.4 Å². The Bertz CT molecular complexity index is 2260. The van der Waals surface area contributed by atoms with Crippen molar-refractivity contribution in [2.45, 2.75) is 43.4 Å². The van der Waals surface area contributed by atoms with Gasteiger partial charge < -0.3 is 4.90 Å². The third kappa shape index (κ3) is 2.94. The van der Waals surface area contributed by atoms with E-state index in [-0.39, 0.29) is 10.8 Å². The molecule has 0 amide bonds. The highest BCUT2D eigenvalue weighted by atomic mass is 15.2. The molecule has 4 aliphatic carbocycles. The summed E-state index contributed by atoms with van der Waals surface area (Å²) in [6, 6.07) is 51.0. The molecular weight excluding hydrogens is 555 g/mol. The van der Waals surface area contributed by atoms with Gasteiger partial charge in [-0.25, -0.2) is 0 Å². The molecule has 0 aromatic heterocycles. The van der Waals surface area contributed by atoms with Gasteiger partial charge in [-0.05, 0) is 130 Å². The monoisotopic (exact) mass is 589 g/mol. The van der Waals surface area contributed by atoms with Crippen LogP contribution in [0.2, 0.25) is 0 Å². The van der Waals surface area contributed by atoms with Crippen LogP contribution in [0.15, 0.2) is 133 Å². The molecule has 1 aliphatic heterocycles. The van der Waals surface area contributed by atoms with Crippen molar-refractivity contribution in [1.82, 2.24) is 0 Å². The number of hydrogen-bond donors (Lipinski definition) is 0. The van der Waals surface area contributed by atoms with Crippen molar-refractivity contribution >= 4 is 17.1 Å². The maximum atomic E-state index is 2.61. The van der Waals surface area contributed by atoms with E-state index in [0.29, 0.717) is 0 Å². The van der Waals surface area contributed by atoms with Crippen LogP contribution in [0.1, 0.15) is 60.4 Å². The van der Waals surface area contributed by atoms with E-state index in [9.17, 15) is 0 Å². The van der Waals surface area contributed by atoms with E-state index in [1.165, 1.54) is 92.8 Å². The summed E-state index contributed by atoms with van der Waals surface area (Å²) in [4.78, 5) is 2.60. The van der Waals surface area contributed by atoms with Gasteiger partial charge in [-0.15, -0.1) is 0 Å². The van der Waals surface area contributed by atoms with Crippen LogP contribution >= 0.6 is 0 Å². The van der Waals surface area contributed by atoms with Crippen molar-refractivity contribution in [1.29, 1.82) is 0 Å². The van der Waals surface area contributed by atoms with Gasteiger partial charge in [0.15, 0.2) is 0 Å². The molecule has 6 aromatic rings. The molecule has 0 radical (unpaired) electrons. The van der Waals surface area contributed by atoms with Crippen LogP contribution in [-0.4, -0.2) is 0 Å². The second-order valence-corrected chi connectivity index (χ2v) is 14.6. The first kappa shape index (κ1) is 25.3. The summed E-state index contributed by atoms with van der Waals surface area (Å²) in [5.74, 6) is 1.60. The Morgan fingerprint density at radius 1 is 0.543 bits per heavy atom. The van der Waals surface area contributed by atoms with Crippen LogP contribution < -0.4 is 4.90 Å².